The minimum atomic E-state index is -0.430. The number of piperazine rings is 1. The number of hydrogen-bond acceptors (Lipinski definition) is 6. The van der Waals surface area contributed by atoms with E-state index in [0.29, 0.717) is 21.3 Å². The fraction of sp³-hybridized carbons (Fsp3) is 0.300. The van der Waals surface area contributed by atoms with Gasteiger partial charge in [-0.05, 0) is 66.4 Å². The molecule has 204 valence electrons. The van der Waals surface area contributed by atoms with Crippen LogP contribution in [0.15, 0.2) is 70.2 Å². The number of carbonyl (C=O) groups excluding carboxylic acids is 2. The topological polar surface area (TPSA) is 97.3 Å². The number of benzene rings is 3. The van der Waals surface area contributed by atoms with Crippen LogP contribution in [0.3, 0.4) is 0 Å². The molecule has 3 aromatic carbocycles. The molecule has 3 aromatic rings. The van der Waals surface area contributed by atoms with Gasteiger partial charge in [0.1, 0.15) is 0 Å². The molecule has 1 heterocycles. The van der Waals surface area contributed by atoms with Crippen molar-refractivity contribution >= 4 is 39.6 Å². The van der Waals surface area contributed by atoms with Gasteiger partial charge in [0, 0.05) is 49.3 Å². The maximum atomic E-state index is 13.0. The van der Waals surface area contributed by atoms with E-state index in [2.05, 4.69) is 41.6 Å². The third kappa shape index (κ3) is 8.06. The second-order valence-electron chi connectivity index (χ2n) is 9.73. The Kier molecular flexibility index (Phi) is 10.00. The van der Waals surface area contributed by atoms with Gasteiger partial charge in [0.05, 0.1) is 24.1 Å². The Morgan fingerprint density at radius 3 is 2.33 bits per heavy atom. The number of amides is 2. The maximum Gasteiger partial charge on any atom is 0.273 e. The number of hydrogen-bond donors (Lipinski definition) is 3. The molecule has 0 radical (unpaired) electrons. The van der Waals surface area contributed by atoms with E-state index in [1.807, 2.05) is 44.2 Å². The Balaban J connectivity index is 1.36. The lowest BCUT2D eigenvalue weighted by atomic mass is 10.1. The van der Waals surface area contributed by atoms with E-state index in [-0.39, 0.29) is 12.5 Å². The van der Waals surface area contributed by atoms with Gasteiger partial charge in [-0.25, -0.2) is 5.43 Å². The van der Waals surface area contributed by atoms with Gasteiger partial charge < -0.3 is 10.4 Å². The SMILES string of the molecule is Cc1ccc(/C=N/NC(=O)c2cc(Br)ccc2NC(=O)c2ccc(CN3CCN(CCO)CC3)cc2)cc1C. The van der Waals surface area contributed by atoms with Crippen LogP contribution in [0, 0.1) is 13.8 Å². The predicted molar refractivity (Wildman–Crippen MR) is 158 cm³/mol. The van der Waals surface area contributed by atoms with Crippen molar-refractivity contribution in [1.82, 2.24) is 15.2 Å². The van der Waals surface area contributed by atoms with Crippen LogP contribution in [0.5, 0.6) is 0 Å². The molecule has 0 bridgehead atoms. The Labute approximate surface area is 237 Å². The summed E-state index contributed by atoms with van der Waals surface area (Å²) in [4.78, 5) is 30.6. The van der Waals surface area contributed by atoms with E-state index in [1.54, 1.807) is 36.5 Å². The average molecular weight is 593 g/mol. The number of nitrogens with zero attached hydrogens (tertiary/aromatic N) is 3. The van der Waals surface area contributed by atoms with Gasteiger partial charge in [0.25, 0.3) is 11.8 Å². The van der Waals surface area contributed by atoms with E-state index in [0.717, 1.165) is 56.0 Å². The van der Waals surface area contributed by atoms with E-state index < -0.39 is 5.91 Å². The molecular formula is C30H34BrN5O3. The van der Waals surface area contributed by atoms with Crippen LogP contribution < -0.4 is 10.7 Å². The zero-order valence-electron chi connectivity index (χ0n) is 22.3. The van der Waals surface area contributed by atoms with Crippen molar-refractivity contribution in [3.63, 3.8) is 0 Å². The zero-order chi connectivity index (χ0) is 27.8. The first-order chi connectivity index (χ1) is 18.8. The van der Waals surface area contributed by atoms with Gasteiger partial charge in [-0.1, -0.05) is 46.3 Å². The molecule has 0 aromatic heterocycles. The minimum absolute atomic E-state index is 0.192. The van der Waals surface area contributed by atoms with Crippen molar-refractivity contribution in [3.8, 4) is 0 Å². The van der Waals surface area contributed by atoms with Gasteiger partial charge >= 0.3 is 0 Å². The number of hydrazone groups is 1. The molecule has 1 aliphatic heterocycles. The van der Waals surface area contributed by atoms with Gasteiger partial charge in [0.2, 0.25) is 0 Å². The molecule has 0 atom stereocenters. The number of β-amino-alcohol motifs (C(OH)–C–C–N with tert-alkyl or cyclic N) is 1. The Bertz CT molecular complexity index is 1330. The number of nitrogens with one attached hydrogen (secondary N) is 2. The molecule has 0 saturated carbocycles. The third-order valence-corrected chi connectivity index (χ3v) is 7.38. The summed E-state index contributed by atoms with van der Waals surface area (Å²) in [6.45, 7) is 9.59. The quantitative estimate of drug-likeness (QED) is 0.256. The van der Waals surface area contributed by atoms with Crippen molar-refractivity contribution in [3.05, 3.63) is 98.5 Å². The molecule has 3 N–H and O–H groups in total. The molecule has 9 heteroatoms. The highest BCUT2D eigenvalue weighted by molar-refractivity contribution is 9.10. The number of anilines is 1. The van der Waals surface area contributed by atoms with Crippen LogP contribution in [-0.4, -0.2) is 72.3 Å². The minimum Gasteiger partial charge on any atom is -0.395 e. The van der Waals surface area contributed by atoms with Gasteiger partial charge in [-0.2, -0.15) is 5.10 Å². The summed E-state index contributed by atoms with van der Waals surface area (Å²) in [6, 6.07) is 18.6. The summed E-state index contributed by atoms with van der Waals surface area (Å²) >= 11 is 3.41. The lowest BCUT2D eigenvalue weighted by molar-refractivity contribution is 0.0956. The highest BCUT2D eigenvalue weighted by Gasteiger charge is 2.18. The standard InChI is InChI=1S/C30H34BrN5O3/c1-21-3-4-24(17-22(21)2)19-32-34-30(39)27-18-26(31)9-10-28(27)33-29(38)25-7-5-23(6-8-25)20-36-13-11-35(12-14-36)15-16-37/h3-10,17-19,37H,11-16,20H2,1-2H3,(H,33,38)(H,34,39)/b32-19+. The van der Waals surface area contributed by atoms with Gasteiger partial charge in [0.15, 0.2) is 0 Å². The monoisotopic (exact) mass is 591 g/mol. The lowest BCUT2D eigenvalue weighted by Crippen LogP contribution is -2.46. The summed E-state index contributed by atoms with van der Waals surface area (Å²) in [7, 11) is 0. The molecule has 0 unspecified atom stereocenters. The molecule has 8 nitrogen and oxygen atoms in total. The Morgan fingerprint density at radius 1 is 0.923 bits per heavy atom. The van der Waals surface area contributed by atoms with Crippen LogP contribution >= 0.6 is 15.9 Å². The third-order valence-electron chi connectivity index (χ3n) is 6.89. The number of aliphatic hydroxyl groups is 1. The second-order valence-corrected chi connectivity index (χ2v) is 10.6. The normalized spacial score (nSPS) is 14.5. The molecule has 39 heavy (non-hydrogen) atoms. The zero-order valence-corrected chi connectivity index (χ0v) is 23.9. The first-order valence-electron chi connectivity index (χ1n) is 13.0. The highest BCUT2D eigenvalue weighted by Crippen LogP contribution is 2.22. The van der Waals surface area contributed by atoms with E-state index >= 15 is 0 Å². The molecule has 0 spiro atoms. The fourth-order valence-electron chi connectivity index (χ4n) is 4.41. The number of aryl methyl sites for hydroxylation is 2. The molecular weight excluding hydrogens is 558 g/mol. The van der Waals surface area contributed by atoms with Gasteiger partial charge in [-0.15, -0.1) is 0 Å². The number of rotatable bonds is 9. The molecule has 0 aliphatic carbocycles. The second kappa shape index (κ2) is 13.6. The Hall–Kier alpha value is -3.37. The van der Waals surface area contributed by atoms with Crippen LogP contribution in [0.4, 0.5) is 5.69 Å². The van der Waals surface area contributed by atoms with Crippen LogP contribution in [0.25, 0.3) is 0 Å². The van der Waals surface area contributed by atoms with E-state index in [4.69, 9.17) is 5.11 Å². The van der Waals surface area contributed by atoms with E-state index in [1.165, 1.54) is 5.56 Å². The van der Waals surface area contributed by atoms with Crippen molar-refractivity contribution in [2.45, 2.75) is 20.4 Å². The van der Waals surface area contributed by atoms with E-state index in [9.17, 15) is 9.59 Å². The summed E-state index contributed by atoms with van der Waals surface area (Å²) in [5.74, 6) is -0.727. The van der Waals surface area contributed by atoms with Crippen LogP contribution in [0.1, 0.15) is 43.0 Å². The first kappa shape index (κ1) is 28.6. The summed E-state index contributed by atoms with van der Waals surface area (Å²) < 4.78 is 0.713. The Morgan fingerprint density at radius 2 is 1.64 bits per heavy atom. The van der Waals surface area contributed by atoms with Crippen LogP contribution in [-0.2, 0) is 6.54 Å². The molecule has 2 amide bonds. The summed E-state index contributed by atoms with van der Waals surface area (Å²) in [6.07, 6.45) is 1.59. The molecule has 4 rings (SSSR count). The van der Waals surface area contributed by atoms with Crippen molar-refractivity contribution in [2.24, 2.45) is 5.10 Å². The molecule has 1 aliphatic rings. The number of carbonyl (C=O) groups is 2. The summed E-state index contributed by atoms with van der Waals surface area (Å²) in [5, 5.41) is 16.1. The maximum absolute atomic E-state index is 13.0. The number of halogens is 1. The summed E-state index contributed by atoms with van der Waals surface area (Å²) in [5.41, 5.74) is 8.11. The lowest BCUT2D eigenvalue weighted by Gasteiger charge is -2.34. The predicted octanol–water partition coefficient (Wildman–Crippen LogP) is 4.19. The number of aliphatic hydroxyl groups excluding tert-OH is 1. The fourth-order valence-corrected chi connectivity index (χ4v) is 4.77. The molecule has 1 fully saturated rings. The first-order valence-corrected chi connectivity index (χ1v) is 13.8. The largest absolute Gasteiger partial charge is 0.395 e. The van der Waals surface area contributed by atoms with Crippen molar-refractivity contribution in [2.75, 3.05) is 44.6 Å². The smallest absolute Gasteiger partial charge is 0.273 e. The highest BCUT2D eigenvalue weighted by atomic mass is 79.9. The van der Waals surface area contributed by atoms with Crippen molar-refractivity contribution in [1.29, 1.82) is 0 Å². The molecule has 1 saturated heterocycles. The average Bonchev–Trinajstić information content (AvgIpc) is 2.93. The van der Waals surface area contributed by atoms with Gasteiger partial charge in [-0.3, -0.25) is 19.4 Å². The van der Waals surface area contributed by atoms with Crippen molar-refractivity contribution < 1.29 is 14.7 Å². The van der Waals surface area contributed by atoms with Crippen LogP contribution in [0.2, 0.25) is 0 Å².